The van der Waals surface area contributed by atoms with Gasteiger partial charge in [-0.3, -0.25) is 14.4 Å². The normalized spacial score (nSPS) is 32.9. The third kappa shape index (κ3) is 4.20. The second kappa shape index (κ2) is 10.1. The van der Waals surface area contributed by atoms with Gasteiger partial charge < -0.3 is 24.5 Å². The van der Waals surface area contributed by atoms with Gasteiger partial charge in [0.25, 0.3) is 0 Å². The fraction of sp³-hybridized carbons (Fsp3) is 0.552. The van der Waals surface area contributed by atoms with Crippen LogP contribution in [0.5, 0.6) is 0 Å². The molecule has 3 amide bonds. The molecule has 0 saturated carbocycles. The number of likely N-dealkylation sites (tertiary alicyclic amines) is 1. The van der Waals surface area contributed by atoms with Gasteiger partial charge in [0.2, 0.25) is 17.7 Å². The van der Waals surface area contributed by atoms with E-state index < -0.39 is 29.1 Å². The zero-order valence-electron chi connectivity index (χ0n) is 21.7. The summed E-state index contributed by atoms with van der Waals surface area (Å²) in [6, 6.07) is 8.94. The van der Waals surface area contributed by atoms with E-state index in [2.05, 4.69) is 6.92 Å². The first kappa shape index (κ1) is 25.7. The summed E-state index contributed by atoms with van der Waals surface area (Å²) in [6.45, 7) is 6.00. The van der Waals surface area contributed by atoms with Crippen LogP contribution in [0.25, 0.3) is 0 Å². The summed E-state index contributed by atoms with van der Waals surface area (Å²) in [5.41, 5.74) is -1.24. The molecule has 1 spiro atoms. The molecule has 1 unspecified atom stereocenters. The molecule has 37 heavy (non-hydrogen) atoms. The molecule has 1 aromatic rings. The second-order valence-corrected chi connectivity index (χ2v) is 10.8. The van der Waals surface area contributed by atoms with E-state index in [0.717, 1.165) is 18.4 Å². The van der Waals surface area contributed by atoms with Gasteiger partial charge in [-0.25, -0.2) is 0 Å². The van der Waals surface area contributed by atoms with E-state index in [1.165, 1.54) is 0 Å². The van der Waals surface area contributed by atoms with E-state index in [1.54, 1.807) is 14.7 Å². The molecule has 8 heteroatoms. The minimum atomic E-state index is -1.24. The third-order valence-corrected chi connectivity index (χ3v) is 8.28. The molecule has 198 valence electrons. The van der Waals surface area contributed by atoms with Gasteiger partial charge in [0.15, 0.2) is 0 Å². The molecule has 5 atom stereocenters. The van der Waals surface area contributed by atoms with Gasteiger partial charge in [0, 0.05) is 39.3 Å². The summed E-state index contributed by atoms with van der Waals surface area (Å²) < 4.78 is 6.81. The molecule has 0 radical (unpaired) electrons. The van der Waals surface area contributed by atoms with E-state index in [9.17, 15) is 19.5 Å². The van der Waals surface area contributed by atoms with Crippen molar-refractivity contribution in [3.63, 3.8) is 0 Å². The Morgan fingerprint density at radius 3 is 2.38 bits per heavy atom. The van der Waals surface area contributed by atoms with E-state index in [1.807, 2.05) is 61.6 Å². The van der Waals surface area contributed by atoms with Gasteiger partial charge in [-0.15, -0.1) is 0 Å². The zero-order chi connectivity index (χ0) is 26.2. The van der Waals surface area contributed by atoms with E-state index in [0.29, 0.717) is 32.6 Å². The van der Waals surface area contributed by atoms with E-state index in [-0.39, 0.29) is 30.9 Å². The maximum Gasteiger partial charge on any atom is 0.249 e. The van der Waals surface area contributed by atoms with Crippen molar-refractivity contribution in [2.45, 2.75) is 56.9 Å². The number of nitrogens with zero attached hydrogens (tertiary/aromatic N) is 3. The highest BCUT2D eigenvalue weighted by Crippen LogP contribution is 2.57. The Morgan fingerprint density at radius 2 is 1.65 bits per heavy atom. The van der Waals surface area contributed by atoms with E-state index >= 15 is 0 Å². The Hall–Kier alpha value is -2.97. The molecule has 2 fully saturated rings. The van der Waals surface area contributed by atoms with Crippen molar-refractivity contribution in [1.82, 2.24) is 14.7 Å². The number of hydrogen-bond donors (Lipinski definition) is 1. The maximum atomic E-state index is 14.2. The van der Waals surface area contributed by atoms with Crippen molar-refractivity contribution in [3.8, 4) is 0 Å². The molecular weight excluding hydrogens is 470 g/mol. The number of rotatable bonds is 8. The molecule has 1 aromatic carbocycles. The lowest BCUT2D eigenvalue weighted by Gasteiger charge is -2.37. The van der Waals surface area contributed by atoms with E-state index in [4.69, 9.17) is 4.74 Å². The van der Waals surface area contributed by atoms with Crippen molar-refractivity contribution in [3.05, 3.63) is 60.2 Å². The Labute approximate surface area is 218 Å². The van der Waals surface area contributed by atoms with Crippen LogP contribution in [0.3, 0.4) is 0 Å². The van der Waals surface area contributed by atoms with Crippen LogP contribution in [-0.4, -0.2) is 87.6 Å². The first-order chi connectivity index (χ1) is 17.9. The van der Waals surface area contributed by atoms with Crippen molar-refractivity contribution >= 4 is 17.7 Å². The first-order valence-electron chi connectivity index (χ1n) is 13.4. The summed E-state index contributed by atoms with van der Waals surface area (Å²) in [4.78, 5) is 47.4. The fourth-order valence-corrected chi connectivity index (χ4v) is 6.60. The SMILES string of the molecule is CCCCN1CC=C[C@]23O[C@]4(C)C=CCN(Cc5ccccc5)C(=O)[C@@H]4[C@H]2C(=O)N(CCCO)C3C1=O. The van der Waals surface area contributed by atoms with Gasteiger partial charge in [0.05, 0.1) is 17.4 Å². The predicted octanol–water partition coefficient (Wildman–Crippen LogP) is 2.14. The van der Waals surface area contributed by atoms with Crippen molar-refractivity contribution in [2.24, 2.45) is 11.8 Å². The molecule has 1 N–H and O–H groups in total. The van der Waals surface area contributed by atoms with Gasteiger partial charge in [-0.05, 0) is 25.3 Å². The molecule has 0 aliphatic carbocycles. The maximum absolute atomic E-state index is 14.2. The monoisotopic (exact) mass is 507 g/mol. The molecule has 2 saturated heterocycles. The van der Waals surface area contributed by atoms with Crippen molar-refractivity contribution < 1.29 is 24.2 Å². The number of benzene rings is 1. The van der Waals surface area contributed by atoms with Gasteiger partial charge >= 0.3 is 0 Å². The predicted molar refractivity (Wildman–Crippen MR) is 138 cm³/mol. The van der Waals surface area contributed by atoms with Crippen LogP contribution >= 0.6 is 0 Å². The highest BCUT2D eigenvalue weighted by atomic mass is 16.5. The number of fused-ring (bicyclic) bond motifs is 2. The first-order valence-corrected chi connectivity index (χ1v) is 13.4. The number of unbranched alkanes of at least 4 members (excludes halogenated alkanes) is 1. The van der Waals surface area contributed by atoms with Crippen molar-refractivity contribution in [2.75, 3.05) is 32.8 Å². The molecule has 5 rings (SSSR count). The summed E-state index contributed by atoms with van der Waals surface area (Å²) in [6.07, 6.45) is 9.83. The van der Waals surface area contributed by atoms with Gasteiger partial charge in [-0.1, -0.05) is 68.0 Å². The third-order valence-electron chi connectivity index (χ3n) is 8.28. The standard InChI is InChI=1S/C29H37N3O5/c1-3-4-15-30-16-9-14-29-23(26(35)32(18-10-19-33)24(29)27(30)36)22-25(34)31(17-8-13-28(22,2)37-29)20-21-11-6-5-7-12-21/h5-9,11-14,22-24,33H,3-4,10,15-20H2,1-2H3/t22-,23-,24?,28+,29-/m0/s1. The largest absolute Gasteiger partial charge is 0.396 e. The number of amides is 3. The van der Waals surface area contributed by atoms with Crippen LogP contribution in [0.4, 0.5) is 0 Å². The molecule has 4 heterocycles. The average molecular weight is 508 g/mol. The molecule has 0 aromatic heterocycles. The van der Waals surface area contributed by atoms with Crippen LogP contribution < -0.4 is 0 Å². The Balaban J connectivity index is 1.55. The lowest BCUT2D eigenvalue weighted by Crippen LogP contribution is -2.56. The number of hydrogen-bond acceptors (Lipinski definition) is 5. The van der Waals surface area contributed by atoms with Gasteiger partial charge in [-0.2, -0.15) is 0 Å². The summed E-state index contributed by atoms with van der Waals surface area (Å²) in [5, 5.41) is 9.53. The summed E-state index contributed by atoms with van der Waals surface area (Å²) in [5.74, 6) is -2.11. The number of aliphatic hydroxyl groups is 1. The lowest BCUT2D eigenvalue weighted by molar-refractivity contribution is -0.153. The Kier molecular flexibility index (Phi) is 6.98. The van der Waals surface area contributed by atoms with Crippen LogP contribution in [0.1, 0.15) is 38.7 Å². The number of carbonyl (C=O) groups is 3. The quantitative estimate of drug-likeness (QED) is 0.545. The highest BCUT2D eigenvalue weighted by molar-refractivity contribution is 6.00. The summed E-state index contributed by atoms with van der Waals surface area (Å²) >= 11 is 0. The lowest BCUT2D eigenvalue weighted by atomic mass is 9.74. The Bertz CT molecular complexity index is 1100. The highest BCUT2D eigenvalue weighted by Gasteiger charge is 2.74. The topological polar surface area (TPSA) is 90.4 Å². The summed E-state index contributed by atoms with van der Waals surface area (Å²) in [7, 11) is 0. The molecule has 0 bridgehead atoms. The minimum absolute atomic E-state index is 0.0910. The zero-order valence-corrected chi connectivity index (χ0v) is 21.7. The van der Waals surface area contributed by atoms with Gasteiger partial charge in [0.1, 0.15) is 11.6 Å². The smallest absolute Gasteiger partial charge is 0.249 e. The molecular formula is C29H37N3O5. The van der Waals surface area contributed by atoms with Crippen LogP contribution in [-0.2, 0) is 25.7 Å². The number of ether oxygens (including phenoxy) is 1. The molecule has 4 aliphatic rings. The fourth-order valence-electron chi connectivity index (χ4n) is 6.60. The average Bonchev–Trinajstić information content (AvgIpc) is 3.16. The minimum Gasteiger partial charge on any atom is -0.396 e. The second-order valence-electron chi connectivity index (χ2n) is 10.8. The van der Waals surface area contributed by atoms with Crippen LogP contribution in [0, 0.1) is 11.8 Å². The number of carbonyl (C=O) groups excluding carboxylic acids is 3. The van der Waals surface area contributed by atoms with Crippen LogP contribution in [0.2, 0.25) is 0 Å². The molecule has 8 nitrogen and oxygen atoms in total. The van der Waals surface area contributed by atoms with Crippen molar-refractivity contribution in [1.29, 1.82) is 0 Å². The molecule has 4 aliphatic heterocycles. The Morgan fingerprint density at radius 1 is 0.919 bits per heavy atom. The van der Waals surface area contributed by atoms with Crippen LogP contribution in [0.15, 0.2) is 54.6 Å². The number of aliphatic hydroxyl groups excluding tert-OH is 1.